The van der Waals surface area contributed by atoms with Gasteiger partial charge >= 0.3 is 0 Å². The van der Waals surface area contributed by atoms with Gasteiger partial charge in [0.25, 0.3) is 5.91 Å². The van der Waals surface area contributed by atoms with E-state index in [0.717, 1.165) is 34.4 Å². The van der Waals surface area contributed by atoms with Gasteiger partial charge in [0.15, 0.2) is 5.82 Å². The monoisotopic (exact) mass is 443 g/mol. The molecule has 0 bridgehead atoms. The van der Waals surface area contributed by atoms with E-state index in [9.17, 15) is 9.18 Å². The molecule has 2 aromatic carbocycles. The van der Waals surface area contributed by atoms with Crippen molar-refractivity contribution in [2.45, 2.75) is 25.8 Å². The van der Waals surface area contributed by atoms with Gasteiger partial charge in [0, 0.05) is 29.1 Å². The molecule has 166 valence electrons. The first-order valence-electron chi connectivity index (χ1n) is 10.6. The number of ether oxygens (including phenoxy) is 1. The number of carbonyl (C=O) groups excluding carboxylic acids is 1. The SMILES string of the molecule is COc1cc(C(=O)Nc2nnn3c2CCC3c2ccc(F)cc2)ccc1-c1cncc(C)c1. The zero-order valence-electron chi connectivity index (χ0n) is 18.2. The van der Waals surface area contributed by atoms with E-state index < -0.39 is 0 Å². The number of hydrogen-bond donors (Lipinski definition) is 1. The number of benzene rings is 2. The second kappa shape index (κ2) is 8.46. The zero-order valence-corrected chi connectivity index (χ0v) is 18.2. The average Bonchev–Trinajstić information content (AvgIpc) is 3.42. The highest BCUT2D eigenvalue weighted by Gasteiger charge is 2.29. The number of halogens is 1. The first-order chi connectivity index (χ1) is 16.0. The molecule has 3 heterocycles. The lowest BCUT2D eigenvalue weighted by atomic mass is 10.0. The number of rotatable bonds is 5. The van der Waals surface area contributed by atoms with Crippen molar-refractivity contribution in [3.05, 3.63) is 89.1 Å². The maximum absolute atomic E-state index is 13.3. The highest BCUT2D eigenvalue weighted by Crippen LogP contribution is 2.34. The summed E-state index contributed by atoms with van der Waals surface area (Å²) >= 11 is 0. The Balaban J connectivity index is 1.38. The van der Waals surface area contributed by atoms with Gasteiger partial charge in [-0.25, -0.2) is 9.07 Å². The van der Waals surface area contributed by atoms with E-state index in [-0.39, 0.29) is 17.8 Å². The van der Waals surface area contributed by atoms with Crippen molar-refractivity contribution >= 4 is 11.7 Å². The largest absolute Gasteiger partial charge is 0.496 e. The van der Waals surface area contributed by atoms with Crippen molar-refractivity contribution in [1.82, 2.24) is 20.0 Å². The Labute approximate surface area is 190 Å². The summed E-state index contributed by atoms with van der Waals surface area (Å²) in [4.78, 5) is 17.2. The fourth-order valence-electron chi connectivity index (χ4n) is 4.24. The quantitative estimate of drug-likeness (QED) is 0.488. The van der Waals surface area contributed by atoms with Crippen molar-refractivity contribution in [1.29, 1.82) is 0 Å². The third kappa shape index (κ3) is 3.95. The summed E-state index contributed by atoms with van der Waals surface area (Å²) in [5.41, 5.74) is 5.08. The molecule has 1 N–H and O–H groups in total. The van der Waals surface area contributed by atoms with E-state index in [2.05, 4.69) is 20.6 Å². The van der Waals surface area contributed by atoms with Crippen LogP contribution in [0.3, 0.4) is 0 Å². The van der Waals surface area contributed by atoms with Crippen LogP contribution in [0.1, 0.15) is 39.6 Å². The number of hydrogen-bond acceptors (Lipinski definition) is 5. The lowest BCUT2D eigenvalue weighted by molar-refractivity contribution is 0.102. The summed E-state index contributed by atoms with van der Waals surface area (Å²) in [7, 11) is 1.57. The molecule has 1 aliphatic rings. The molecule has 1 unspecified atom stereocenters. The fourth-order valence-corrected chi connectivity index (χ4v) is 4.24. The molecule has 33 heavy (non-hydrogen) atoms. The number of fused-ring (bicyclic) bond motifs is 1. The van der Waals surface area contributed by atoms with E-state index >= 15 is 0 Å². The first-order valence-corrected chi connectivity index (χ1v) is 10.6. The molecule has 1 atom stereocenters. The van der Waals surface area contributed by atoms with E-state index in [1.165, 1.54) is 12.1 Å². The van der Waals surface area contributed by atoms with Crippen molar-refractivity contribution in [2.24, 2.45) is 0 Å². The van der Waals surface area contributed by atoms with E-state index in [1.54, 1.807) is 48.5 Å². The Morgan fingerprint density at radius 2 is 1.97 bits per heavy atom. The van der Waals surface area contributed by atoms with Crippen molar-refractivity contribution < 1.29 is 13.9 Å². The molecule has 0 aliphatic carbocycles. The Kier molecular flexibility index (Phi) is 5.34. The second-order valence-electron chi connectivity index (χ2n) is 8.06. The minimum atomic E-state index is -0.296. The molecule has 2 aromatic heterocycles. The predicted molar refractivity (Wildman–Crippen MR) is 122 cm³/mol. The molecule has 0 spiro atoms. The Morgan fingerprint density at radius 1 is 1.15 bits per heavy atom. The minimum absolute atomic E-state index is 0.0268. The van der Waals surface area contributed by atoms with Gasteiger partial charge in [-0.3, -0.25) is 9.78 Å². The van der Waals surface area contributed by atoms with Crippen LogP contribution >= 0.6 is 0 Å². The second-order valence-corrected chi connectivity index (χ2v) is 8.06. The highest BCUT2D eigenvalue weighted by molar-refractivity contribution is 6.04. The van der Waals surface area contributed by atoms with Crippen LogP contribution in [0.2, 0.25) is 0 Å². The van der Waals surface area contributed by atoms with Crippen LogP contribution in [-0.4, -0.2) is 33.0 Å². The maximum atomic E-state index is 13.3. The summed E-state index contributed by atoms with van der Waals surface area (Å²) < 4.78 is 20.6. The molecule has 1 aliphatic heterocycles. The van der Waals surface area contributed by atoms with E-state index in [0.29, 0.717) is 23.6 Å². The number of anilines is 1. The van der Waals surface area contributed by atoms with Gasteiger partial charge in [-0.2, -0.15) is 0 Å². The lowest BCUT2D eigenvalue weighted by Crippen LogP contribution is -2.13. The fraction of sp³-hybridized carbons (Fsp3) is 0.200. The summed E-state index contributed by atoms with van der Waals surface area (Å²) in [5.74, 6) is 0.453. The van der Waals surface area contributed by atoms with Gasteiger partial charge in [0.2, 0.25) is 0 Å². The van der Waals surface area contributed by atoms with Crippen LogP contribution in [-0.2, 0) is 6.42 Å². The number of carbonyl (C=O) groups is 1. The molecular formula is C25H22FN5O2. The number of methoxy groups -OCH3 is 1. The average molecular weight is 443 g/mol. The normalized spacial score (nSPS) is 14.7. The Hall–Kier alpha value is -4.07. The van der Waals surface area contributed by atoms with Gasteiger partial charge in [-0.15, -0.1) is 5.10 Å². The summed E-state index contributed by atoms with van der Waals surface area (Å²) in [6, 6.07) is 13.7. The van der Waals surface area contributed by atoms with Crippen LogP contribution in [0.25, 0.3) is 11.1 Å². The molecule has 0 saturated carbocycles. The van der Waals surface area contributed by atoms with Gasteiger partial charge in [-0.1, -0.05) is 17.3 Å². The first kappa shape index (κ1) is 20.8. The topological polar surface area (TPSA) is 81.9 Å². The summed E-state index contributed by atoms with van der Waals surface area (Å²) in [6.45, 7) is 1.97. The third-order valence-corrected chi connectivity index (χ3v) is 5.88. The van der Waals surface area contributed by atoms with Crippen LogP contribution in [0.4, 0.5) is 10.2 Å². The molecular weight excluding hydrogens is 421 g/mol. The van der Waals surface area contributed by atoms with Crippen molar-refractivity contribution in [3.8, 4) is 16.9 Å². The van der Waals surface area contributed by atoms with Crippen molar-refractivity contribution in [2.75, 3.05) is 12.4 Å². The number of aromatic nitrogens is 4. The molecule has 0 saturated heterocycles. The van der Waals surface area contributed by atoms with Gasteiger partial charge in [0.05, 0.1) is 18.8 Å². The Morgan fingerprint density at radius 3 is 2.73 bits per heavy atom. The van der Waals surface area contributed by atoms with E-state index in [1.807, 2.05) is 19.1 Å². The lowest BCUT2D eigenvalue weighted by Gasteiger charge is -2.11. The summed E-state index contributed by atoms with van der Waals surface area (Å²) in [6.07, 6.45) is 5.08. The minimum Gasteiger partial charge on any atom is -0.496 e. The van der Waals surface area contributed by atoms with Crippen LogP contribution in [0.5, 0.6) is 5.75 Å². The molecule has 0 fully saturated rings. The van der Waals surface area contributed by atoms with Crippen LogP contribution in [0.15, 0.2) is 60.9 Å². The van der Waals surface area contributed by atoms with E-state index in [4.69, 9.17) is 4.74 Å². The standard InChI is InChI=1S/C25H22FN5O2/c1-15-11-18(14-27-13-15)20-8-5-17(12-23(20)33-2)25(32)28-24-22-10-9-21(31(22)30-29-24)16-3-6-19(26)7-4-16/h3-8,11-14,21H,9-10H2,1-2H3,(H,28,32). The molecule has 8 heteroatoms. The van der Waals surface area contributed by atoms with Gasteiger partial charge in [0.1, 0.15) is 11.6 Å². The third-order valence-electron chi connectivity index (χ3n) is 5.88. The van der Waals surface area contributed by atoms with Crippen molar-refractivity contribution in [3.63, 3.8) is 0 Å². The molecule has 1 amide bonds. The Bertz CT molecular complexity index is 1330. The number of nitrogens with zero attached hydrogens (tertiary/aromatic N) is 4. The molecule has 4 aromatic rings. The maximum Gasteiger partial charge on any atom is 0.257 e. The van der Waals surface area contributed by atoms with Crippen LogP contribution in [0, 0.1) is 12.7 Å². The molecule has 5 rings (SSSR count). The van der Waals surface area contributed by atoms with Gasteiger partial charge in [-0.05, 0) is 67.3 Å². The number of nitrogens with one attached hydrogen (secondary N) is 1. The van der Waals surface area contributed by atoms with Gasteiger partial charge < -0.3 is 10.1 Å². The highest BCUT2D eigenvalue weighted by atomic mass is 19.1. The van der Waals surface area contributed by atoms with Crippen LogP contribution < -0.4 is 10.1 Å². The smallest absolute Gasteiger partial charge is 0.257 e. The number of aryl methyl sites for hydroxylation is 1. The predicted octanol–water partition coefficient (Wildman–Crippen LogP) is 4.58. The summed E-state index contributed by atoms with van der Waals surface area (Å²) in [5, 5.41) is 11.3. The number of amides is 1. The zero-order chi connectivity index (χ0) is 22.9. The molecule has 7 nitrogen and oxygen atoms in total. The number of pyridine rings is 1. The molecule has 0 radical (unpaired) electrons.